The third kappa shape index (κ3) is 13.7. The summed E-state index contributed by atoms with van der Waals surface area (Å²) in [5.74, 6) is -0.675. The predicted molar refractivity (Wildman–Crippen MR) is 79.5 cm³/mol. The van der Waals surface area contributed by atoms with Gasteiger partial charge in [0.1, 0.15) is 0 Å². The molecule has 114 valence electrons. The summed E-state index contributed by atoms with van der Waals surface area (Å²) < 4.78 is 5.51. The lowest BCUT2D eigenvalue weighted by molar-refractivity contribution is -0.137. The Morgan fingerprint density at radius 1 is 0.947 bits per heavy atom. The van der Waals surface area contributed by atoms with Gasteiger partial charge in [-0.3, -0.25) is 4.79 Å². The zero-order chi connectivity index (χ0) is 14.3. The first kappa shape index (κ1) is 18.4. The van der Waals surface area contributed by atoms with Gasteiger partial charge in [0.25, 0.3) is 0 Å². The highest BCUT2D eigenvalue weighted by molar-refractivity contribution is 5.66. The quantitative estimate of drug-likeness (QED) is 0.463. The number of methoxy groups -OCH3 is 1. The summed E-state index contributed by atoms with van der Waals surface area (Å²) in [6, 6.07) is 0. The molecule has 0 rings (SSSR count). The Bertz CT molecular complexity index is 204. The van der Waals surface area contributed by atoms with Crippen LogP contribution in [0.15, 0.2) is 0 Å². The van der Waals surface area contributed by atoms with E-state index in [1.54, 1.807) is 0 Å². The van der Waals surface area contributed by atoms with Crippen LogP contribution in [0.2, 0.25) is 0 Å². The molecule has 0 radical (unpaired) electrons. The average Bonchev–Trinajstić information content (AvgIpc) is 2.39. The molecule has 0 aromatic rings. The topological polar surface area (TPSA) is 46.5 Å². The van der Waals surface area contributed by atoms with Crippen LogP contribution in [0.5, 0.6) is 0 Å². The molecule has 0 aliphatic rings. The number of ether oxygens (including phenoxy) is 1. The first-order valence-corrected chi connectivity index (χ1v) is 7.95. The van der Waals surface area contributed by atoms with Gasteiger partial charge >= 0.3 is 5.97 Å². The fourth-order valence-corrected chi connectivity index (χ4v) is 2.36. The molecule has 0 saturated carbocycles. The van der Waals surface area contributed by atoms with E-state index in [0.29, 0.717) is 12.5 Å². The van der Waals surface area contributed by atoms with E-state index >= 15 is 0 Å². The summed E-state index contributed by atoms with van der Waals surface area (Å²) >= 11 is 0. The predicted octanol–water partition coefficient (Wildman–Crippen LogP) is 4.79. The molecule has 0 aromatic carbocycles. The van der Waals surface area contributed by atoms with Gasteiger partial charge in [-0.15, -0.1) is 0 Å². The van der Waals surface area contributed by atoms with Crippen LogP contribution in [-0.2, 0) is 9.53 Å². The van der Waals surface area contributed by atoms with E-state index in [4.69, 9.17) is 9.84 Å². The number of hydrogen-bond donors (Lipinski definition) is 1. The van der Waals surface area contributed by atoms with Crippen molar-refractivity contribution in [1.82, 2.24) is 0 Å². The molecule has 1 N–H and O–H groups in total. The Balaban J connectivity index is 3.33. The molecule has 0 bridgehead atoms. The van der Waals surface area contributed by atoms with Crippen LogP contribution in [0.1, 0.15) is 84.0 Å². The Morgan fingerprint density at radius 2 is 1.47 bits per heavy atom. The van der Waals surface area contributed by atoms with Gasteiger partial charge in [-0.1, -0.05) is 58.3 Å². The van der Waals surface area contributed by atoms with E-state index in [0.717, 1.165) is 25.7 Å². The molecule has 0 heterocycles. The summed E-state index contributed by atoms with van der Waals surface area (Å²) in [6.07, 6.45) is 13.7. The van der Waals surface area contributed by atoms with Crippen molar-refractivity contribution in [2.24, 2.45) is 0 Å². The largest absolute Gasteiger partial charge is 0.481 e. The van der Waals surface area contributed by atoms with Crippen molar-refractivity contribution in [3.63, 3.8) is 0 Å². The molecule has 0 fully saturated rings. The summed E-state index contributed by atoms with van der Waals surface area (Å²) in [5.41, 5.74) is 0. The van der Waals surface area contributed by atoms with E-state index in [1.165, 1.54) is 44.9 Å². The fourth-order valence-electron chi connectivity index (χ4n) is 2.36. The molecule has 0 spiro atoms. The monoisotopic (exact) mass is 272 g/mol. The summed E-state index contributed by atoms with van der Waals surface area (Å²) in [7, 11) is 1.82. The van der Waals surface area contributed by atoms with Crippen LogP contribution < -0.4 is 0 Å². The molecular weight excluding hydrogens is 240 g/mol. The highest BCUT2D eigenvalue weighted by atomic mass is 16.5. The summed E-state index contributed by atoms with van der Waals surface area (Å²) in [6.45, 7) is 2.23. The van der Waals surface area contributed by atoms with Crippen LogP contribution in [-0.4, -0.2) is 24.3 Å². The van der Waals surface area contributed by atoms with Gasteiger partial charge < -0.3 is 9.84 Å². The minimum Gasteiger partial charge on any atom is -0.481 e. The van der Waals surface area contributed by atoms with Gasteiger partial charge in [-0.25, -0.2) is 0 Å². The lowest BCUT2D eigenvalue weighted by Gasteiger charge is -2.14. The van der Waals surface area contributed by atoms with Gasteiger partial charge in [0.05, 0.1) is 6.10 Å². The van der Waals surface area contributed by atoms with Gasteiger partial charge in [-0.2, -0.15) is 0 Å². The van der Waals surface area contributed by atoms with Gasteiger partial charge in [0, 0.05) is 13.5 Å². The normalized spacial score (nSPS) is 12.5. The number of hydrogen-bond acceptors (Lipinski definition) is 2. The summed E-state index contributed by atoms with van der Waals surface area (Å²) in [4.78, 5) is 10.3. The molecule has 0 aliphatic heterocycles. The molecule has 19 heavy (non-hydrogen) atoms. The van der Waals surface area contributed by atoms with Crippen molar-refractivity contribution in [2.75, 3.05) is 7.11 Å². The van der Waals surface area contributed by atoms with Crippen molar-refractivity contribution in [2.45, 2.75) is 90.1 Å². The third-order valence-electron chi connectivity index (χ3n) is 3.63. The van der Waals surface area contributed by atoms with Crippen LogP contribution in [0.25, 0.3) is 0 Å². The molecule has 3 nitrogen and oxygen atoms in total. The zero-order valence-electron chi connectivity index (χ0n) is 12.8. The maximum absolute atomic E-state index is 10.3. The highest BCUT2D eigenvalue weighted by Gasteiger charge is 2.06. The van der Waals surface area contributed by atoms with Gasteiger partial charge in [-0.05, 0) is 19.3 Å². The Hall–Kier alpha value is -0.570. The van der Waals surface area contributed by atoms with Gasteiger partial charge in [0.15, 0.2) is 0 Å². The van der Waals surface area contributed by atoms with Crippen LogP contribution in [0, 0.1) is 0 Å². The van der Waals surface area contributed by atoms with Crippen molar-refractivity contribution in [3.05, 3.63) is 0 Å². The number of aliphatic carboxylic acids is 1. The number of rotatable bonds is 14. The van der Waals surface area contributed by atoms with Crippen molar-refractivity contribution < 1.29 is 14.6 Å². The first-order valence-electron chi connectivity index (χ1n) is 7.95. The van der Waals surface area contributed by atoms with E-state index < -0.39 is 5.97 Å². The Labute approximate surface area is 118 Å². The van der Waals surface area contributed by atoms with Crippen LogP contribution >= 0.6 is 0 Å². The molecule has 0 saturated heterocycles. The maximum atomic E-state index is 10.3. The van der Waals surface area contributed by atoms with Crippen molar-refractivity contribution >= 4 is 5.97 Å². The second-order valence-corrected chi connectivity index (χ2v) is 5.41. The SMILES string of the molecule is CCCCCCC(CCCCCCCC(=O)O)OC. The second kappa shape index (κ2) is 13.9. The summed E-state index contributed by atoms with van der Waals surface area (Å²) in [5, 5.41) is 8.52. The second-order valence-electron chi connectivity index (χ2n) is 5.41. The lowest BCUT2D eigenvalue weighted by Crippen LogP contribution is -2.10. The minimum atomic E-state index is -0.675. The van der Waals surface area contributed by atoms with E-state index in [1.807, 2.05) is 7.11 Å². The Kier molecular flexibility index (Phi) is 13.4. The Morgan fingerprint density at radius 3 is 2.00 bits per heavy atom. The van der Waals surface area contributed by atoms with Crippen molar-refractivity contribution in [3.8, 4) is 0 Å². The maximum Gasteiger partial charge on any atom is 0.303 e. The number of carbonyl (C=O) groups is 1. The first-order chi connectivity index (χ1) is 9.20. The molecule has 0 aromatic heterocycles. The fraction of sp³-hybridized carbons (Fsp3) is 0.938. The molecule has 3 heteroatoms. The minimum absolute atomic E-state index is 0.318. The number of carboxylic acid groups (broad SMARTS) is 1. The number of carboxylic acids is 1. The molecule has 0 amide bonds. The smallest absolute Gasteiger partial charge is 0.303 e. The lowest BCUT2D eigenvalue weighted by atomic mass is 10.0. The highest BCUT2D eigenvalue weighted by Crippen LogP contribution is 2.15. The number of unbranched alkanes of at least 4 members (excludes halogenated alkanes) is 7. The molecule has 1 unspecified atom stereocenters. The zero-order valence-corrected chi connectivity index (χ0v) is 12.8. The standard InChI is InChI=1S/C16H32O3/c1-3-4-5-9-12-15(19-2)13-10-7-6-8-11-14-16(17)18/h15H,3-14H2,1-2H3,(H,17,18). The van der Waals surface area contributed by atoms with E-state index in [-0.39, 0.29) is 0 Å². The molecular formula is C16H32O3. The van der Waals surface area contributed by atoms with E-state index in [2.05, 4.69) is 6.92 Å². The third-order valence-corrected chi connectivity index (χ3v) is 3.63. The van der Waals surface area contributed by atoms with E-state index in [9.17, 15) is 4.79 Å². The molecule has 1 atom stereocenters. The van der Waals surface area contributed by atoms with Crippen LogP contribution in [0.4, 0.5) is 0 Å². The van der Waals surface area contributed by atoms with Crippen LogP contribution in [0.3, 0.4) is 0 Å². The molecule has 0 aliphatic carbocycles. The van der Waals surface area contributed by atoms with Gasteiger partial charge in [0.2, 0.25) is 0 Å². The average molecular weight is 272 g/mol. The van der Waals surface area contributed by atoms with Crippen molar-refractivity contribution in [1.29, 1.82) is 0 Å².